The highest BCUT2D eigenvalue weighted by atomic mass is 32.2. The summed E-state index contributed by atoms with van der Waals surface area (Å²) in [5.74, 6) is -0.584. The van der Waals surface area contributed by atoms with E-state index >= 15 is 0 Å². The molecule has 1 heterocycles. The first-order valence-corrected chi connectivity index (χ1v) is 7.24. The molecular formula is C11H18O5S. The fraction of sp³-hybridized carbons (Fsp3) is 0.818. The van der Waals surface area contributed by atoms with Crippen molar-refractivity contribution in [2.75, 3.05) is 24.7 Å². The monoisotopic (exact) mass is 262 g/mol. The maximum absolute atomic E-state index is 11.6. The summed E-state index contributed by atoms with van der Waals surface area (Å²) in [6.07, 6.45) is 1.60. The van der Waals surface area contributed by atoms with Crippen LogP contribution in [-0.4, -0.2) is 46.8 Å². The fourth-order valence-corrected chi connectivity index (χ4v) is 2.90. The van der Waals surface area contributed by atoms with E-state index in [2.05, 4.69) is 4.74 Å². The molecule has 5 nitrogen and oxygen atoms in total. The minimum absolute atomic E-state index is 0.00577. The number of Topliss-reactive ketones (excluding diaryl/α,β-unsaturated/α-hetero) is 1. The Bertz CT molecular complexity index is 296. The molecule has 6 heteroatoms. The lowest BCUT2D eigenvalue weighted by Crippen LogP contribution is -2.23. The number of ether oxygens (including phenoxy) is 2. The van der Waals surface area contributed by atoms with Gasteiger partial charge in [0.25, 0.3) is 0 Å². The number of carbonyl (C=O) groups is 2. The highest BCUT2D eigenvalue weighted by molar-refractivity contribution is 7.85. The molecule has 0 N–H and O–H groups in total. The van der Waals surface area contributed by atoms with Crippen LogP contribution in [0.3, 0.4) is 0 Å². The van der Waals surface area contributed by atoms with Gasteiger partial charge in [0, 0.05) is 17.4 Å². The van der Waals surface area contributed by atoms with Gasteiger partial charge >= 0.3 is 5.97 Å². The van der Waals surface area contributed by atoms with E-state index in [1.807, 2.05) is 0 Å². The van der Waals surface area contributed by atoms with Gasteiger partial charge in [0.1, 0.15) is 6.42 Å². The first-order valence-electron chi connectivity index (χ1n) is 5.75. The van der Waals surface area contributed by atoms with Crippen LogP contribution in [0.15, 0.2) is 0 Å². The van der Waals surface area contributed by atoms with Crippen LogP contribution >= 0.6 is 0 Å². The van der Waals surface area contributed by atoms with Crippen LogP contribution in [0.1, 0.15) is 26.2 Å². The van der Waals surface area contributed by atoms with E-state index in [0.717, 1.165) is 12.8 Å². The second-order valence-electron chi connectivity index (χ2n) is 3.91. The molecule has 1 saturated heterocycles. The molecule has 0 radical (unpaired) electrons. The standard InChI is InChI=1S/C11H18O5S/c1-2-15-11(13)6-9(12)7-17(14)8-10-4-3-5-16-10/h10H,2-8H2,1H3. The number of hydrogen-bond acceptors (Lipinski definition) is 5. The van der Waals surface area contributed by atoms with Crippen LogP contribution in [0.5, 0.6) is 0 Å². The van der Waals surface area contributed by atoms with Gasteiger partial charge in [0.05, 0.1) is 24.2 Å². The second-order valence-corrected chi connectivity index (χ2v) is 5.41. The summed E-state index contributed by atoms with van der Waals surface area (Å²) in [6, 6.07) is 0. The number of esters is 1. The Morgan fingerprint density at radius 2 is 2.24 bits per heavy atom. The lowest BCUT2D eigenvalue weighted by atomic mass is 10.3. The van der Waals surface area contributed by atoms with Crippen LogP contribution in [0, 0.1) is 0 Å². The minimum Gasteiger partial charge on any atom is -0.466 e. The largest absolute Gasteiger partial charge is 0.466 e. The van der Waals surface area contributed by atoms with Crippen molar-refractivity contribution in [3.63, 3.8) is 0 Å². The van der Waals surface area contributed by atoms with Gasteiger partial charge in [-0.05, 0) is 19.8 Å². The molecule has 17 heavy (non-hydrogen) atoms. The van der Waals surface area contributed by atoms with Gasteiger partial charge in [0.15, 0.2) is 5.78 Å². The van der Waals surface area contributed by atoms with E-state index in [1.54, 1.807) is 6.92 Å². The molecule has 1 aliphatic rings. The Morgan fingerprint density at radius 1 is 1.47 bits per heavy atom. The molecule has 0 aliphatic carbocycles. The van der Waals surface area contributed by atoms with E-state index in [1.165, 1.54) is 0 Å². The van der Waals surface area contributed by atoms with Crippen molar-refractivity contribution in [3.8, 4) is 0 Å². The van der Waals surface area contributed by atoms with Crippen molar-refractivity contribution in [3.05, 3.63) is 0 Å². The third-order valence-corrected chi connectivity index (χ3v) is 3.75. The lowest BCUT2D eigenvalue weighted by Gasteiger charge is -2.08. The Kier molecular flexibility index (Phi) is 6.36. The summed E-state index contributed by atoms with van der Waals surface area (Å²) in [4.78, 5) is 22.4. The Hall–Kier alpha value is -0.750. The lowest BCUT2D eigenvalue weighted by molar-refractivity contribution is -0.145. The number of carbonyl (C=O) groups excluding carboxylic acids is 2. The summed E-state index contributed by atoms with van der Waals surface area (Å²) in [5.41, 5.74) is 0. The molecule has 0 aromatic carbocycles. The quantitative estimate of drug-likeness (QED) is 0.492. The maximum atomic E-state index is 11.6. The number of rotatable bonds is 7. The van der Waals surface area contributed by atoms with Crippen LogP contribution in [0.4, 0.5) is 0 Å². The zero-order chi connectivity index (χ0) is 12.7. The second kappa shape index (κ2) is 7.55. The summed E-state index contributed by atoms with van der Waals surface area (Å²) in [6.45, 7) is 2.64. The predicted octanol–water partition coefficient (Wildman–Crippen LogP) is 0.436. The first-order chi connectivity index (χ1) is 8.11. The Morgan fingerprint density at radius 3 is 2.82 bits per heavy atom. The van der Waals surface area contributed by atoms with Crippen molar-refractivity contribution in [2.24, 2.45) is 0 Å². The maximum Gasteiger partial charge on any atom is 0.313 e. The molecule has 0 spiro atoms. The number of hydrogen-bond donors (Lipinski definition) is 0. The van der Waals surface area contributed by atoms with E-state index in [-0.39, 0.29) is 30.7 Å². The zero-order valence-corrected chi connectivity index (χ0v) is 10.8. The van der Waals surface area contributed by atoms with Gasteiger partial charge in [0.2, 0.25) is 0 Å². The molecule has 0 bridgehead atoms. The molecule has 2 unspecified atom stereocenters. The molecule has 1 rings (SSSR count). The minimum atomic E-state index is -1.24. The van der Waals surface area contributed by atoms with Crippen LogP contribution in [0.2, 0.25) is 0 Å². The van der Waals surface area contributed by atoms with E-state index < -0.39 is 16.8 Å². The number of ketones is 1. The third kappa shape index (κ3) is 5.93. The van der Waals surface area contributed by atoms with Gasteiger partial charge in [-0.25, -0.2) is 0 Å². The van der Waals surface area contributed by atoms with Gasteiger partial charge in [-0.2, -0.15) is 0 Å². The van der Waals surface area contributed by atoms with Crippen LogP contribution < -0.4 is 0 Å². The summed E-state index contributed by atoms with van der Waals surface area (Å²) >= 11 is 0. The Labute approximate surface area is 103 Å². The van der Waals surface area contributed by atoms with Gasteiger partial charge in [-0.3, -0.25) is 13.8 Å². The van der Waals surface area contributed by atoms with E-state index in [9.17, 15) is 13.8 Å². The molecular weight excluding hydrogens is 244 g/mol. The van der Waals surface area contributed by atoms with E-state index in [0.29, 0.717) is 12.4 Å². The van der Waals surface area contributed by atoms with E-state index in [4.69, 9.17) is 4.74 Å². The van der Waals surface area contributed by atoms with Crippen molar-refractivity contribution in [2.45, 2.75) is 32.3 Å². The highest BCUT2D eigenvalue weighted by Crippen LogP contribution is 2.13. The third-order valence-electron chi connectivity index (χ3n) is 2.36. The predicted molar refractivity (Wildman–Crippen MR) is 63.1 cm³/mol. The molecule has 0 saturated carbocycles. The summed E-state index contributed by atoms with van der Waals surface area (Å²) in [7, 11) is -1.24. The molecule has 0 aromatic rings. The average molecular weight is 262 g/mol. The van der Waals surface area contributed by atoms with Gasteiger partial charge < -0.3 is 9.47 Å². The van der Waals surface area contributed by atoms with Crippen molar-refractivity contribution < 1.29 is 23.3 Å². The highest BCUT2D eigenvalue weighted by Gasteiger charge is 2.20. The summed E-state index contributed by atoms with van der Waals surface area (Å²) in [5, 5.41) is 0. The van der Waals surface area contributed by atoms with Crippen LogP contribution in [0.25, 0.3) is 0 Å². The average Bonchev–Trinajstić information content (AvgIpc) is 2.69. The van der Waals surface area contributed by atoms with Crippen molar-refractivity contribution in [1.82, 2.24) is 0 Å². The zero-order valence-electron chi connectivity index (χ0n) is 9.98. The molecule has 0 amide bonds. The SMILES string of the molecule is CCOC(=O)CC(=O)CS(=O)CC1CCCO1. The molecule has 98 valence electrons. The van der Waals surface area contributed by atoms with Gasteiger partial charge in [-0.1, -0.05) is 0 Å². The van der Waals surface area contributed by atoms with Crippen molar-refractivity contribution >= 4 is 22.6 Å². The summed E-state index contributed by atoms with van der Waals surface area (Å²) < 4.78 is 21.6. The molecule has 2 atom stereocenters. The topological polar surface area (TPSA) is 69.7 Å². The fourth-order valence-electron chi connectivity index (χ4n) is 1.65. The van der Waals surface area contributed by atoms with Crippen molar-refractivity contribution in [1.29, 1.82) is 0 Å². The molecule has 1 fully saturated rings. The van der Waals surface area contributed by atoms with Crippen LogP contribution in [-0.2, 0) is 29.9 Å². The Balaban J connectivity index is 2.20. The molecule has 1 aliphatic heterocycles. The molecule has 0 aromatic heterocycles. The normalized spacial score (nSPS) is 21.1. The van der Waals surface area contributed by atoms with Gasteiger partial charge in [-0.15, -0.1) is 0 Å². The smallest absolute Gasteiger partial charge is 0.313 e. The first kappa shape index (κ1) is 14.3.